The number of benzene rings is 2. The average molecular weight is 394 g/mol. The molecule has 0 atom stereocenters. The third-order valence-electron chi connectivity index (χ3n) is 5.84. The molecule has 0 saturated carbocycles. The first-order chi connectivity index (χ1) is 13.7. The van der Waals surface area contributed by atoms with Gasteiger partial charge in [0.15, 0.2) is 11.6 Å². The summed E-state index contributed by atoms with van der Waals surface area (Å²) in [5.74, 6) is -1.53. The predicted molar refractivity (Wildman–Crippen MR) is 116 cm³/mol. The molecule has 152 valence electrons. The maximum Gasteiger partial charge on any atom is 0.255 e. The number of carbonyl (C=O) groups excluding carboxylic acids is 1. The van der Waals surface area contributed by atoms with Crippen LogP contribution < -0.4 is 5.32 Å². The number of rotatable bonds is 4. The van der Waals surface area contributed by atoms with Gasteiger partial charge in [-0.25, -0.2) is 4.39 Å². The van der Waals surface area contributed by atoms with E-state index >= 15 is 0 Å². The summed E-state index contributed by atoms with van der Waals surface area (Å²) in [7, 11) is 0. The van der Waals surface area contributed by atoms with E-state index in [4.69, 9.17) is 0 Å². The Kier molecular flexibility index (Phi) is 5.92. The molecule has 4 heteroatoms. The van der Waals surface area contributed by atoms with Gasteiger partial charge in [0.05, 0.1) is 0 Å². The Morgan fingerprint density at radius 3 is 2.52 bits per heavy atom. The molecule has 0 spiro atoms. The second kappa shape index (κ2) is 8.24. The van der Waals surface area contributed by atoms with Gasteiger partial charge in [-0.2, -0.15) is 0 Å². The fourth-order valence-corrected chi connectivity index (χ4v) is 4.13. The fraction of sp³-hybridized carbons (Fsp3) is 0.320. The number of anilines is 1. The highest BCUT2D eigenvalue weighted by Gasteiger charge is 2.29. The topological polar surface area (TPSA) is 49.3 Å². The van der Waals surface area contributed by atoms with E-state index in [0.29, 0.717) is 11.3 Å². The zero-order valence-corrected chi connectivity index (χ0v) is 17.5. The summed E-state index contributed by atoms with van der Waals surface area (Å²) in [6, 6.07) is 11.2. The average Bonchev–Trinajstić information content (AvgIpc) is 2.68. The van der Waals surface area contributed by atoms with Gasteiger partial charge in [0, 0.05) is 17.3 Å². The van der Waals surface area contributed by atoms with Crippen LogP contribution in [0.2, 0.25) is 0 Å². The lowest BCUT2D eigenvalue weighted by Gasteiger charge is -2.35. The van der Waals surface area contributed by atoms with Crippen LogP contribution in [0.1, 0.15) is 62.9 Å². The number of amides is 1. The highest BCUT2D eigenvalue weighted by molar-refractivity contribution is 6.04. The number of aromatic hydroxyl groups is 1. The summed E-state index contributed by atoms with van der Waals surface area (Å²) < 4.78 is 13.4. The first-order valence-electron chi connectivity index (χ1n) is 10.0. The van der Waals surface area contributed by atoms with E-state index in [9.17, 15) is 14.3 Å². The number of hydrogen-bond donors (Lipinski definition) is 2. The highest BCUT2D eigenvalue weighted by Crippen LogP contribution is 2.44. The van der Waals surface area contributed by atoms with Crippen LogP contribution in [0.15, 0.2) is 59.2 Å². The molecule has 0 aromatic heterocycles. The van der Waals surface area contributed by atoms with Gasteiger partial charge in [0.25, 0.3) is 5.91 Å². The van der Waals surface area contributed by atoms with Crippen LogP contribution in [-0.2, 0) is 0 Å². The van der Waals surface area contributed by atoms with Crippen LogP contribution in [0.5, 0.6) is 5.75 Å². The van der Waals surface area contributed by atoms with Crippen molar-refractivity contribution in [3.63, 3.8) is 0 Å². The fourth-order valence-electron chi connectivity index (χ4n) is 4.13. The minimum absolute atomic E-state index is 0.256. The molecule has 0 fully saturated rings. The van der Waals surface area contributed by atoms with Crippen LogP contribution in [0.3, 0.4) is 0 Å². The van der Waals surface area contributed by atoms with Crippen molar-refractivity contribution < 1.29 is 14.3 Å². The van der Waals surface area contributed by atoms with E-state index in [1.54, 1.807) is 12.1 Å². The van der Waals surface area contributed by atoms with Gasteiger partial charge in [-0.1, -0.05) is 44.6 Å². The van der Waals surface area contributed by atoms with Gasteiger partial charge < -0.3 is 10.4 Å². The summed E-state index contributed by atoms with van der Waals surface area (Å²) in [6.45, 7) is 9.07. The third-order valence-corrected chi connectivity index (χ3v) is 5.84. The largest absolute Gasteiger partial charge is 0.505 e. The van der Waals surface area contributed by atoms with Crippen LogP contribution in [0.25, 0.3) is 6.08 Å². The minimum Gasteiger partial charge on any atom is -0.505 e. The molecule has 0 unspecified atom stereocenters. The molecular formula is C25H28FNO2. The number of phenols is 1. The Morgan fingerprint density at radius 2 is 1.90 bits per heavy atom. The normalized spacial score (nSPS) is 17.5. The predicted octanol–water partition coefficient (Wildman–Crippen LogP) is 6.71. The Bertz CT molecular complexity index is 984. The summed E-state index contributed by atoms with van der Waals surface area (Å²) in [4.78, 5) is 12.4. The molecule has 0 radical (unpaired) electrons. The minimum atomic E-state index is -0.768. The molecule has 3 nitrogen and oxygen atoms in total. The van der Waals surface area contributed by atoms with E-state index in [1.165, 1.54) is 28.9 Å². The molecular weight excluding hydrogens is 365 g/mol. The maximum atomic E-state index is 13.4. The van der Waals surface area contributed by atoms with E-state index in [0.717, 1.165) is 30.9 Å². The molecule has 1 amide bonds. The Balaban J connectivity index is 1.77. The second-order valence-electron chi connectivity index (χ2n) is 8.25. The second-order valence-corrected chi connectivity index (χ2v) is 8.25. The quantitative estimate of drug-likeness (QED) is 0.567. The van der Waals surface area contributed by atoms with E-state index in [2.05, 4.69) is 39.1 Å². The monoisotopic (exact) mass is 393 g/mol. The number of nitrogens with one attached hydrogen (secondary N) is 1. The molecule has 0 aliphatic heterocycles. The van der Waals surface area contributed by atoms with Gasteiger partial charge >= 0.3 is 0 Å². The van der Waals surface area contributed by atoms with Gasteiger partial charge in [-0.15, -0.1) is 0 Å². The molecule has 2 N–H and O–H groups in total. The van der Waals surface area contributed by atoms with Crippen molar-refractivity contribution in [1.29, 1.82) is 0 Å². The van der Waals surface area contributed by atoms with Crippen molar-refractivity contribution in [2.24, 2.45) is 5.41 Å². The first kappa shape index (κ1) is 20.8. The number of hydrogen-bond acceptors (Lipinski definition) is 2. The highest BCUT2D eigenvalue weighted by atomic mass is 19.1. The van der Waals surface area contributed by atoms with Crippen LogP contribution in [0.4, 0.5) is 10.1 Å². The molecule has 0 bridgehead atoms. The van der Waals surface area contributed by atoms with E-state index in [-0.39, 0.29) is 11.3 Å². The first-order valence-corrected chi connectivity index (χ1v) is 10.0. The Morgan fingerprint density at radius 1 is 1.21 bits per heavy atom. The summed E-state index contributed by atoms with van der Waals surface area (Å²) in [6.07, 6.45) is 5.46. The van der Waals surface area contributed by atoms with Crippen LogP contribution in [0, 0.1) is 11.2 Å². The molecule has 1 aliphatic carbocycles. The molecule has 29 heavy (non-hydrogen) atoms. The SMILES string of the molecule is CCC1=C(C)/C(=C/c2ccc(C(=O)Nc3ccc(O)c(F)c3)cc2)CCC1(C)C. The van der Waals surface area contributed by atoms with Crippen molar-refractivity contribution in [3.8, 4) is 5.75 Å². The number of halogens is 1. The number of carbonyl (C=O) groups is 1. The lowest BCUT2D eigenvalue weighted by Crippen LogP contribution is -2.21. The molecule has 2 aromatic carbocycles. The van der Waals surface area contributed by atoms with E-state index < -0.39 is 11.6 Å². The molecule has 0 saturated heterocycles. The lowest BCUT2D eigenvalue weighted by atomic mass is 9.70. The molecule has 0 heterocycles. The van der Waals surface area contributed by atoms with Crippen molar-refractivity contribution in [2.75, 3.05) is 5.32 Å². The van der Waals surface area contributed by atoms with Crippen molar-refractivity contribution in [2.45, 2.75) is 47.0 Å². The van der Waals surface area contributed by atoms with Crippen molar-refractivity contribution in [1.82, 2.24) is 0 Å². The standard InChI is InChI=1S/C25H28FNO2/c1-5-21-16(2)19(12-13-25(21,3)4)14-17-6-8-18(9-7-17)24(29)27-20-10-11-23(28)22(26)15-20/h6-11,14-15,28H,5,12-13H2,1-4H3,(H,27,29)/b19-14+. The molecule has 3 rings (SSSR count). The maximum absolute atomic E-state index is 13.4. The van der Waals surface area contributed by atoms with Crippen molar-refractivity contribution in [3.05, 3.63) is 76.1 Å². The van der Waals surface area contributed by atoms with E-state index in [1.807, 2.05) is 12.1 Å². The summed E-state index contributed by atoms with van der Waals surface area (Å²) in [5.41, 5.74) is 6.37. The van der Waals surface area contributed by atoms with Crippen molar-refractivity contribution >= 4 is 17.7 Å². The van der Waals surface area contributed by atoms with Gasteiger partial charge in [0.2, 0.25) is 0 Å². The number of allylic oxidation sites excluding steroid dienone is 3. The zero-order valence-electron chi connectivity index (χ0n) is 17.5. The summed E-state index contributed by atoms with van der Waals surface area (Å²) in [5, 5.41) is 11.9. The van der Waals surface area contributed by atoms with Crippen LogP contribution >= 0.6 is 0 Å². The zero-order chi connectivity index (χ0) is 21.2. The van der Waals surface area contributed by atoms with Gasteiger partial charge in [-0.3, -0.25) is 4.79 Å². The van der Waals surface area contributed by atoms with Crippen LogP contribution in [-0.4, -0.2) is 11.0 Å². The Hall–Kier alpha value is -2.88. The van der Waals surface area contributed by atoms with Gasteiger partial charge in [-0.05, 0) is 72.6 Å². The molecule has 1 aliphatic rings. The Labute approximate surface area is 172 Å². The lowest BCUT2D eigenvalue weighted by molar-refractivity contribution is 0.102. The summed E-state index contributed by atoms with van der Waals surface area (Å²) >= 11 is 0. The smallest absolute Gasteiger partial charge is 0.255 e. The molecule has 2 aromatic rings. The van der Waals surface area contributed by atoms with Gasteiger partial charge in [0.1, 0.15) is 0 Å². The number of phenolic OH excluding ortho intramolecular Hbond substituents is 1. The third kappa shape index (κ3) is 4.58.